The minimum absolute atomic E-state index is 1.24. The van der Waals surface area contributed by atoms with Crippen molar-refractivity contribution in [1.29, 1.82) is 0 Å². The average Bonchev–Trinajstić information content (AvgIpc) is 2.21. The molecule has 18 heavy (non-hydrogen) atoms. The lowest BCUT2D eigenvalue weighted by Gasteiger charge is -2.19. The van der Waals surface area contributed by atoms with E-state index in [-0.39, 0.29) is 0 Å². The van der Waals surface area contributed by atoms with E-state index in [1.54, 1.807) is 0 Å². The van der Waals surface area contributed by atoms with Crippen molar-refractivity contribution in [3.63, 3.8) is 0 Å². The van der Waals surface area contributed by atoms with Gasteiger partial charge in [-0.2, -0.15) is 13.2 Å². The zero-order valence-corrected chi connectivity index (χ0v) is 9.34. The molecule has 0 atom stereocenters. The molecule has 0 aromatic carbocycles. The van der Waals surface area contributed by atoms with Crippen molar-refractivity contribution < 1.29 is 45.2 Å². The molecule has 11 heteroatoms. The molecule has 0 aliphatic heterocycles. The smallest absolute Gasteiger partial charge is 0.367 e. The Morgan fingerprint density at radius 1 is 1.28 bits per heavy atom. The fourth-order valence-electron chi connectivity index (χ4n) is 0.481. The fraction of sp³-hybridized carbons (Fsp3) is 0.429. The first-order valence-corrected chi connectivity index (χ1v) is 5.38. The highest BCUT2D eigenvalue weighted by molar-refractivity contribution is 7.86. The van der Waals surface area contributed by atoms with Crippen LogP contribution in [0, 0.1) is 0 Å². The Morgan fingerprint density at radius 3 is 2.17 bits per heavy atom. The average molecular weight is 291 g/mol. The van der Waals surface area contributed by atoms with Crippen molar-refractivity contribution in [1.82, 2.24) is 0 Å². The van der Waals surface area contributed by atoms with E-state index in [0.717, 1.165) is 0 Å². The van der Waals surface area contributed by atoms with Gasteiger partial charge in [0.05, 0.1) is 0 Å². The highest BCUT2D eigenvalue weighted by atomic mass is 32.2. The SMILES string of the molecule is C=C(F)C(=O)OCC(=O)OCC(F)(F)S(=O)(=O)[O-]. The van der Waals surface area contributed by atoms with Gasteiger partial charge in [0.2, 0.25) is 5.83 Å². The molecule has 0 rings (SSSR count). The van der Waals surface area contributed by atoms with Crippen LogP contribution >= 0.6 is 0 Å². The van der Waals surface area contributed by atoms with Gasteiger partial charge in [-0.25, -0.2) is 18.0 Å². The molecule has 0 radical (unpaired) electrons. The molecule has 104 valence electrons. The molecule has 0 bridgehead atoms. The molecule has 0 aromatic rings. The first kappa shape index (κ1) is 16.4. The largest absolute Gasteiger partial charge is 0.743 e. The van der Waals surface area contributed by atoms with Crippen molar-refractivity contribution >= 4 is 22.1 Å². The topological polar surface area (TPSA) is 110 Å². The highest BCUT2D eigenvalue weighted by Crippen LogP contribution is 2.20. The third-order valence-electron chi connectivity index (χ3n) is 1.31. The molecule has 0 N–H and O–H groups in total. The Labute approximate surface area is 98.9 Å². The van der Waals surface area contributed by atoms with E-state index >= 15 is 0 Å². The first-order chi connectivity index (χ1) is 7.97. The lowest BCUT2D eigenvalue weighted by molar-refractivity contribution is -0.161. The van der Waals surface area contributed by atoms with E-state index in [2.05, 4.69) is 16.1 Å². The molecular weight excluding hydrogens is 285 g/mol. The minimum Gasteiger partial charge on any atom is -0.743 e. The molecular formula is C7H6F3O7S-. The molecule has 0 aliphatic carbocycles. The lowest BCUT2D eigenvalue weighted by atomic mass is 10.6. The highest BCUT2D eigenvalue weighted by Gasteiger charge is 2.39. The number of carbonyl (C=O) groups excluding carboxylic acids is 2. The van der Waals surface area contributed by atoms with E-state index in [1.165, 1.54) is 0 Å². The summed E-state index contributed by atoms with van der Waals surface area (Å²) in [5.41, 5.74) is 0. The zero-order valence-electron chi connectivity index (χ0n) is 8.52. The summed E-state index contributed by atoms with van der Waals surface area (Å²) in [6.07, 6.45) is 0. The van der Waals surface area contributed by atoms with E-state index < -0.39 is 46.4 Å². The van der Waals surface area contributed by atoms with Crippen molar-refractivity contribution in [2.45, 2.75) is 5.25 Å². The molecule has 0 saturated heterocycles. The lowest BCUT2D eigenvalue weighted by Crippen LogP contribution is -2.35. The molecule has 0 aliphatic rings. The second-order valence-electron chi connectivity index (χ2n) is 2.73. The van der Waals surface area contributed by atoms with Crippen molar-refractivity contribution in [2.75, 3.05) is 13.2 Å². The van der Waals surface area contributed by atoms with Crippen LogP contribution in [0.3, 0.4) is 0 Å². The number of hydrogen-bond donors (Lipinski definition) is 0. The standard InChI is InChI=1S/C7H7F3O7S/c1-4(8)6(12)16-2-5(11)17-3-7(9,10)18(13,14)15/h1-3H2,(H,13,14,15)/p-1. The number of carbonyl (C=O) groups is 2. The Morgan fingerprint density at radius 2 is 1.78 bits per heavy atom. The second-order valence-corrected chi connectivity index (χ2v) is 4.24. The van der Waals surface area contributed by atoms with Gasteiger partial charge in [-0.05, 0) is 0 Å². The maximum atomic E-state index is 12.5. The summed E-state index contributed by atoms with van der Waals surface area (Å²) in [6, 6.07) is 0. The molecule has 7 nitrogen and oxygen atoms in total. The van der Waals surface area contributed by atoms with E-state index in [1.807, 2.05) is 0 Å². The summed E-state index contributed by atoms with van der Waals surface area (Å²) in [5.74, 6) is -4.74. The molecule has 0 spiro atoms. The summed E-state index contributed by atoms with van der Waals surface area (Å²) in [4.78, 5) is 21.1. The predicted octanol–water partition coefficient (Wildman–Crippen LogP) is -0.306. The predicted molar refractivity (Wildman–Crippen MR) is 46.8 cm³/mol. The van der Waals surface area contributed by atoms with Crippen LogP contribution in [0.4, 0.5) is 13.2 Å². The molecule has 0 unspecified atom stereocenters. The molecule has 0 amide bonds. The minimum atomic E-state index is -5.99. The quantitative estimate of drug-likeness (QED) is 0.375. The van der Waals surface area contributed by atoms with Crippen molar-refractivity contribution in [3.8, 4) is 0 Å². The summed E-state index contributed by atoms with van der Waals surface area (Å²) in [6.45, 7) is -0.759. The fourth-order valence-corrected chi connectivity index (χ4v) is 0.684. The maximum absolute atomic E-state index is 12.5. The normalized spacial score (nSPS) is 11.8. The van der Waals surface area contributed by atoms with Gasteiger partial charge in [-0.15, -0.1) is 0 Å². The van der Waals surface area contributed by atoms with Crippen LogP contribution in [0.1, 0.15) is 0 Å². The van der Waals surface area contributed by atoms with Gasteiger partial charge >= 0.3 is 17.2 Å². The van der Waals surface area contributed by atoms with E-state index in [0.29, 0.717) is 0 Å². The van der Waals surface area contributed by atoms with E-state index in [4.69, 9.17) is 0 Å². The summed E-state index contributed by atoms with van der Waals surface area (Å²) >= 11 is 0. The van der Waals surface area contributed by atoms with Crippen LogP contribution in [0.15, 0.2) is 12.4 Å². The maximum Gasteiger partial charge on any atom is 0.367 e. The second kappa shape index (κ2) is 5.82. The van der Waals surface area contributed by atoms with Crippen LogP contribution < -0.4 is 0 Å². The van der Waals surface area contributed by atoms with Gasteiger partial charge in [-0.3, -0.25) is 0 Å². The summed E-state index contributed by atoms with van der Waals surface area (Å²) < 4.78 is 74.4. The number of rotatable bonds is 6. The van der Waals surface area contributed by atoms with Crippen LogP contribution in [0.5, 0.6) is 0 Å². The third-order valence-corrected chi connectivity index (χ3v) is 2.16. The first-order valence-electron chi connectivity index (χ1n) is 3.98. The number of hydrogen-bond acceptors (Lipinski definition) is 7. The number of ether oxygens (including phenoxy) is 2. The van der Waals surface area contributed by atoms with Crippen LogP contribution in [0.25, 0.3) is 0 Å². The summed E-state index contributed by atoms with van der Waals surface area (Å²) in [5, 5.41) is -4.81. The third kappa shape index (κ3) is 5.14. The molecule has 0 heterocycles. The summed E-state index contributed by atoms with van der Waals surface area (Å²) in [7, 11) is -5.99. The number of alkyl halides is 2. The Hall–Kier alpha value is -1.62. The van der Waals surface area contributed by atoms with Gasteiger partial charge in [0.25, 0.3) is 0 Å². The molecule has 0 fully saturated rings. The Balaban J connectivity index is 4.21. The van der Waals surface area contributed by atoms with Crippen molar-refractivity contribution in [2.24, 2.45) is 0 Å². The zero-order chi connectivity index (χ0) is 14.6. The van der Waals surface area contributed by atoms with Gasteiger partial charge in [0.1, 0.15) is 0 Å². The van der Waals surface area contributed by atoms with Crippen LogP contribution in [0.2, 0.25) is 0 Å². The number of halogens is 3. The van der Waals surface area contributed by atoms with Crippen molar-refractivity contribution in [3.05, 3.63) is 12.4 Å². The Kier molecular flexibility index (Phi) is 5.29. The van der Waals surface area contributed by atoms with Crippen LogP contribution in [-0.4, -0.2) is 43.4 Å². The van der Waals surface area contributed by atoms with E-state index in [9.17, 15) is 35.7 Å². The van der Waals surface area contributed by atoms with Gasteiger partial charge in [-0.1, -0.05) is 6.58 Å². The monoisotopic (exact) mass is 291 g/mol. The van der Waals surface area contributed by atoms with Gasteiger partial charge in [0, 0.05) is 0 Å². The Bertz CT molecular complexity index is 456. The van der Waals surface area contributed by atoms with Crippen LogP contribution in [-0.2, 0) is 29.2 Å². The molecule has 0 saturated carbocycles. The van der Waals surface area contributed by atoms with Gasteiger partial charge < -0.3 is 14.0 Å². The molecule has 0 aromatic heterocycles. The number of esters is 2. The van der Waals surface area contributed by atoms with Gasteiger partial charge in [0.15, 0.2) is 23.3 Å².